The molecule has 1 aliphatic heterocycles. The third kappa shape index (κ3) is 6.92. The van der Waals surface area contributed by atoms with Crippen molar-refractivity contribution in [2.75, 3.05) is 13.1 Å². The number of amides is 3. The van der Waals surface area contributed by atoms with Gasteiger partial charge in [-0.05, 0) is 46.0 Å². The predicted molar refractivity (Wildman–Crippen MR) is 96.0 cm³/mol. The van der Waals surface area contributed by atoms with Crippen LogP contribution in [-0.4, -0.2) is 53.6 Å². The molecule has 0 bridgehead atoms. The lowest BCUT2D eigenvalue weighted by molar-refractivity contribution is -0.139. The Balaban J connectivity index is 2.65. The Bertz CT molecular complexity index is 505. The Hall–Kier alpha value is -1.79. The molecular formula is C18H33N3O4. The van der Waals surface area contributed by atoms with Crippen molar-refractivity contribution in [3.05, 3.63) is 0 Å². The van der Waals surface area contributed by atoms with Crippen molar-refractivity contribution in [2.24, 2.45) is 5.41 Å². The van der Waals surface area contributed by atoms with Gasteiger partial charge in [-0.2, -0.15) is 0 Å². The number of likely N-dealkylation sites (tertiary alicyclic amines) is 1. The Morgan fingerprint density at radius 3 is 2.20 bits per heavy atom. The number of carbonyl (C=O) groups excluding carboxylic acids is 3. The van der Waals surface area contributed by atoms with Crippen molar-refractivity contribution in [2.45, 2.75) is 79.0 Å². The van der Waals surface area contributed by atoms with Crippen LogP contribution in [0.25, 0.3) is 0 Å². The predicted octanol–water partition coefficient (Wildman–Crippen LogP) is 2.05. The van der Waals surface area contributed by atoms with Gasteiger partial charge in [-0.15, -0.1) is 0 Å². The molecule has 2 atom stereocenters. The minimum Gasteiger partial charge on any atom is -0.444 e. The van der Waals surface area contributed by atoms with Crippen molar-refractivity contribution < 1.29 is 19.1 Å². The number of hydrogen-bond donors (Lipinski definition) is 2. The molecule has 2 N–H and O–H groups in total. The smallest absolute Gasteiger partial charge is 0.408 e. The second-order valence-corrected chi connectivity index (χ2v) is 8.74. The van der Waals surface area contributed by atoms with E-state index in [0.717, 1.165) is 19.4 Å². The van der Waals surface area contributed by atoms with Crippen LogP contribution in [0.2, 0.25) is 0 Å². The van der Waals surface area contributed by atoms with E-state index < -0.39 is 29.1 Å². The first kappa shape index (κ1) is 21.3. The molecule has 1 heterocycles. The summed E-state index contributed by atoms with van der Waals surface area (Å²) >= 11 is 0. The molecular weight excluding hydrogens is 322 g/mol. The summed E-state index contributed by atoms with van der Waals surface area (Å²) in [5, 5.41) is 5.19. The minimum atomic E-state index is -0.658. The summed E-state index contributed by atoms with van der Waals surface area (Å²) < 4.78 is 5.10. The Kier molecular flexibility index (Phi) is 6.85. The molecule has 0 aromatic carbocycles. The molecule has 7 heteroatoms. The average molecular weight is 355 g/mol. The fraction of sp³-hybridized carbons (Fsp3) is 0.833. The highest BCUT2D eigenvalue weighted by atomic mass is 16.6. The number of hydrogen-bond acceptors (Lipinski definition) is 4. The van der Waals surface area contributed by atoms with Crippen molar-refractivity contribution >= 4 is 17.9 Å². The van der Waals surface area contributed by atoms with Crippen LogP contribution < -0.4 is 10.6 Å². The molecule has 1 saturated heterocycles. The van der Waals surface area contributed by atoms with Gasteiger partial charge < -0.3 is 20.3 Å². The first-order chi connectivity index (χ1) is 11.3. The van der Waals surface area contributed by atoms with Gasteiger partial charge >= 0.3 is 6.09 Å². The normalized spacial score (nSPS) is 19.3. The highest BCUT2D eigenvalue weighted by Gasteiger charge is 2.38. The van der Waals surface area contributed by atoms with Gasteiger partial charge in [-0.1, -0.05) is 20.8 Å². The van der Waals surface area contributed by atoms with Gasteiger partial charge in [-0.25, -0.2) is 4.79 Å². The molecule has 25 heavy (non-hydrogen) atoms. The average Bonchev–Trinajstić information content (AvgIpc) is 2.85. The molecule has 1 rings (SSSR count). The second-order valence-electron chi connectivity index (χ2n) is 8.74. The summed E-state index contributed by atoms with van der Waals surface area (Å²) in [7, 11) is 0. The largest absolute Gasteiger partial charge is 0.444 e. The summed E-state index contributed by atoms with van der Waals surface area (Å²) in [5.74, 6) is -0.478. The van der Waals surface area contributed by atoms with E-state index in [1.54, 1.807) is 20.8 Å². The molecule has 0 aromatic rings. The zero-order valence-electron chi connectivity index (χ0n) is 16.6. The van der Waals surface area contributed by atoms with Gasteiger partial charge in [0.05, 0.1) is 0 Å². The molecule has 144 valence electrons. The maximum absolute atomic E-state index is 12.9. The van der Waals surface area contributed by atoms with Crippen molar-refractivity contribution in [1.29, 1.82) is 0 Å². The molecule has 0 aromatic heterocycles. The number of alkyl carbamates (subject to hydrolysis) is 1. The number of rotatable bonds is 4. The van der Waals surface area contributed by atoms with Crippen LogP contribution in [0, 0.1) is 5.41 Å². The van der Waals surface area contributed by atoms with Gasteiger partial charge in [-0.3, -0.25) is 9.59 Å². The zero-order valence-corrected chi connectivity index (χ0v) is 16.6. The lowest BCUT2D eigenvalue weighted by Crippen LogP contribution is -2.56. The van der Waals surface area contributed by atoms with E-state index in [1.165, 1.54) is 0 Å². The quantitative estimate of drug-likeness (QED) is 0.808. The van der Waals surface area contributed by atoms with Crippen LogP contribution in [0.3, 0.4) is 0 Å². The van der Waals surface area contributed by atoms with Crippen LogP contribution >= 0.6 is 0 Å². The Labute approximate surface area is 150 Å². The lowest BCUT2D eigenvalue weighted by atomic mass is 9.85. The van der Waals surface area contributed by atoms with Gasteiger partial charge in [0.1, 0.15) is 18.2 Å². The van der Waals surface area contributed by atoms with E-state index in [9.17, 15) is 14.4 Å². The first-order valence-electron chi connectivity index (χ1n) is 8.88. The standard InChI is InChI=1S/C18H33N3O4/c1-12-9-8-10-21(12)15(23)14(17(2,3)4)20-13(22)11-19-16(24)25-18(5,6)7/h12,14H,8-11H2,1-7H3,(H,19,24)(H,20,22). The van der Waals surface area contributed by atoms with E-state index in [4.69, 9.17) is 4.74 Å². The summed E-state index contributed by atoms with van der Waals surface area (Å²) in [4.78, 5) is 38.6. The molecule has 1 aliphatic rings. The van der Waals surface area contributed by atoms with Crippen molar-refractivity contribution in [3.63, 3.8) is 0 Å². The maximum Gasteiger partial charge on any atom is 0.408 e. The number of nitrogens with zero attached hydrogens (tertiary/aromatic N) is 1. The third-order valence-electron chi connectivity index (χ3n) is 4.05. The summed E-state index contributed by atoms with van der Waals surface area (Å²) in [6, 6.07) is -0.449. The second kappa shape index (κ2) is 8.06. The molecule has 0 saturated carbocycles. The van der Waals surface area contributed by atoms with E-state index in [2.05, 4.69) is 10.6 Å². The summed E-state index contributed by atoms with van der Waals surface area (Å²) in [6.07, 6.45) is 1.31. The SMILES string of the molecule is CC1CCCN1C(=O)C(NC(=O)CNC(=O)OC(C)(C)C)C(C)(C)C. The Morgan fingerprint density at radius 1 is 1.16 bits per heavy atom. The fourth-order valence-electron chi connectivity index (χ4n) is 2.75. The first-order valence-corrected chi connectivity index (χ1v) is 8.88. The Morgan fingerprint density at radius 2 is 1.76 bits per heavy atom. The minimum absolute atomic E-state index is 0.0666. The van der Waals surface area contributed by atoms with E-state index in [-0.39, 0.29) is 18.5 Å². The molecule has 2 unspecified atom stereocenters. The summed E-state index contributed by atoms with van der Waals surface area (Å²) in [6.45, 7) is 13.5. The number of nitrogens with one attached hydrogen (secondary N) is 2. The number of carbonyl (C=O) groups is 3. The molecule has 0 spiro atoms. The summed E-state index contributed by atoms with van der Waals surface area (Å²) in [5.41, 5.74) is -1.06. The van der Waals surface area contributed by atoms with Crippen LogP contribution in [0.1, 0.15) is 61.3 Å². The monoisotopic (exact) mass is 355 g/mol. The molecule has 0 radical (unpaired) electrons. The van der Waals surface area contributed by atoms with Crippen molar-refractivity contribution in [1.82, 2.24) is 15.5 Å². The zero-order chi connectivity index (χ0) is 19.4. The highest BCUT2D eigenvalue weighted by Crippen LogP contribution is 2.25. The molecule has 3 amide bonds. The van der Waals surface area contributed by atoms with E-state index >= 15 is 0 Å². The molecule has 1 fully saturated rings. The maximum atomic E-state index is 12.9. The van der Waals surface area contributed by atoms with Gasteiger partial charge in [0.2, 0.25) is 11.8 Å². The van der Waals surface area contributed by atoms with E-state index in [1.807, 2.05) is 32.6 Å². The lowest BCUT2D eigenvalue weighted by Gasteiger charge is -2.35. The van der Waals surface area contributed by atoms with Crippen molar-refractivity contribution in [3.8, 4) is 0 Å². The topological polar surface area (TPSA) is 87.7 Å². The van der Waals surface area contributed by atoms with E-state index in [0.29, 0.717) is 0 Å². The third-order valence-corrected chi connectivity index (χ3v) is 4.05. The van der Waals surface area contributed by atoms with Gasteiger partial charge in [0.15, 0.2) is 0 Å². The highest BCUT2D eigenvalue weighted by molar-refractivity contribution is 5.90. The molecule has 7 nitrogen and oxygen atoms in total. The van der Waals surface area contributed by atoms with Gasteiger partial charge in [0, 0.05) is 12.6 Å². The van der Waals surface area contributed by atoms with Crippen LogP contribution in [0.5, 0.6) is 0 Å². The number of ether oxygens (including phenoxy) is 1. The van der Waals surface area contributed by atoms with Crippen LogP contribution in [0.4, 0.5) is 4.79 Å². The van der Waals surface area contributed by atoms with Crippen LogP contribution in [-0.2, 0) is 14.3 Å². The fourth-order valence-corrected chi connectivity index (χ4v) is 2.75. The van der Waals surface area contributed by atoms with Crippen LogP contribution in [0.15, 0.2) is 0 Å². The molecule has 0 aliphatic carbocycles. The van der Waals surface area contributed by atoms with Gasteiger partial charge in [0.25, 0.3) is 0 Å².